The van der Waals surface area contributed by atoms with Crippen LogP contribution < -0.4 is 43.5 Å². The first kappa shape index (κ1) is 65.8. The predicted molar refractivity (Wildman–Crippen MR) is 295 cm³/mol. The van der Waals surface area contributed by atoms with Crippen LogP contribution in [0.15, 0.2) is 168 Å². The highest BCUT2D eigenvalue weighted by atomic mass is 35.5. The molecule has 0 radical (unpaired) electrons. The number of nitrogens with zero attached hydrogens (tertiary/aromatic N) is 2. The van der Waals surface area contributed by atoms with E-state index in [1.54, 1.807) is 0 Å². The van der Waals surface area contributed by atoms with Crippen LogP contribution in [0.25, 0.3) is 0 Å². The number of hydrogen-bond acceptors (Lipinski definition) is 2. The first-order chi connectivity index (χ1) is 40.9. The molecule has 86 heavy (non-hydrogen) atoms. The van der Waals surface area contributed by atoms with Gasteiger partial charge in [0.05, 0.1) is 10.7 Å². The molecule has 0 aromatic heterocycles. The van der Waals surface area contributed by atoms with Crippen molar-refractivity contribution in [2.75, 3.05) is 10.7 Å². The maximum Gasteiger partial charge on any atom is 0.329 e. The average Bonchev–Trinajstić information content (AvgIpc) is 0.753. The minimum absolute atomic E-state index is 0.00238. The largest absolute Gasteiger partial charge is 0.391 e. The van der Waals surface area contributed by atoms with Gasteiger partial charge in [0.15, 0.2) is 0 Å². The molecule has 4 nitrogen and oxygen atoms in total. The van der Waals surface area contributed by atoms with E-state index in [1.807, 2.05) is 0 Å². The van der Waals surface area contributed by atoms with Crippen LogP contribution in [0.2, 0.25) is 0 Å². The van der Waals surface area contributed by atoms with E-state index in [-0.39, 0.29) is 117 Å². The molecule has 0 saturated carbocycles. The zero-order chi connectivity index (χ0) is 62.9. The lowest BCUT2D eigenvalue weighted by molar-refractivity contribution is -0.530. The molecule has 9 rings (SSSR count). The van der Waals surface area contributed by atoms with Crippen LogP contribution in [0.4, 0.5) is 79.0 Å². The van der Waals surface area contributed by atoms with Crippen molar-refractivity contribution in [1.82, 2.24) is 0 Å². The first-order valence-corrected chi connectivity index (χ1v) is 26.5. The number of nitrogens with two attached hydrogens (primary N) is 2. The molecule has 0 bridgehead atoms. The number of hydrogen-bond donors (Lipinski definition) is 2. The van der Waals surface area contributed by atoms with E-state index in [4.69, 9.17) is 46.4 Å². The van der Waals surface area contributed by atoms with Crippen molar-refractivity contribution in [3.05, 3.63) is 285 Å². The van der Waals surface area contributed by atoms with E-state index in [2.05, 4.69) is 10.2 Å². The normalized spacial score (nSPS) is 11.9. The van der Waals surface area contributed by atoms with Gasteiger partial charge in [-0.15, -0.1) is 56.6 Å². The minimum atomic E-state index is -4.80. The highest BCUT2D eigenvalue weighted by Crippen LogP contribution is 2.22. The SMILES string of the molecule is ClCCl.ClCCl.Fc1cc(F)c([B-]([NH2+]/N=C(\c2ccccc2)c2ccc(/C(=N/[NH2+][B-](c3c(F)cc(F)cc3F)(c3c(F)cc(F)cc3F)c3c(F)cc(F)cc3F)c3ccccc3)cc2)(c2c(F)cc(F)cc2F)c2c(F)cc(F)cc2F)c(F)c1. The van der Waals surface area contributed by atoms with Gasteiger partial charge in [0.2, 0.25) is 0 Å². The second-order valence-electron chi connectivity index (χ2n) is 18.3. The molecule has 0 aliphatic heterocycles. The fraction of sp³-hybridized carbons (Fsp3) is 0.0345. The lowest BCUT2D eigenvalue weighted by Crippen LogP contribution is -3.09. The van der Waals surface area contributed by atoms with Crippen LogP contribution in [0.5, 0.6) is 0 Å². The van der Waals surface area contributed by atoms with Crippen molar-refractivity contribution in [2.45, 2.75) is 0 Å². The third-order valence-corrected chi connectivity index (χ3v) is 13.4. The Labute approximate surface area is 496 Å². The predicted octanol–water partition coefficient (Wildman–Crippen LogP) is 11.0. The van der Waals surface area contributed by atoms with Gasteiger partial charge in [-0.1, -0.05) is 118 Å². The molecular formula is C58H34B2Cl4F18N4. The summed E-state index contributed by atoms with van der Waals surface area (Å²) in [6.07, 6.45) is -9.60. The van der Waals surface area contributed by atoms with Crippen molar-refractivity contribution in [3.63, 3.8) is 0 Å². The fourth-order valence-electron chi connectivity index (χ4n) is 10.2. The second kappa shape index (κ2) is 28.2. The molecule has 0 aliphatic carbocycles. The summed E-state index contributed by atoms with van der Waals surface area (Å²) >= 11 is 19.1. The summed E-state index contributed by atoms with van der Waals surface area (Å²) < 4.78 is 284. The molecule has 4 N–H and O–H groups in total. The van der Waals surface area contributed by atoms with Crippen molar-refractivity contribution >= 4 is 103 Å². The monoisotopic (exact) mass is 1290 g/mol. The van der Waals surface area contributed by atoms with Crippen LogP contribution in [-0.2, 0) is 0 Å². The average molecular weight is 1290 g/mol. The molecule has 9 aromatic carbocycles. The highest BCUT2D eigenvalue weighted by molar-refractivity contribution is 7.06. The van der Waals surface area contributed by atoms with Crippen LogP contribution >= 0.6 is 46.4 Å². The summed E-state index contributed by atoms with van der Waals surface area (Å²) in [4.78, 5) is 0. The Morgan fingerprint density at radius 3 is 0.581 bits per heavy atom. The van der Waals surface area contributed by atoms with Gasteiger partial charge in [0, 0.05) is 95.1 Å². The topological polar surface area (TPSA) is 57.9 Å². The minimum Gasteiger partial charge on any atom is -0.391 e. The molecule has 0 heterocycles. The van der Waals surface area contributed by atoms with Crippen LogP contribution in [-0.4, -0.2) is 34.7 Å². The standard InChI is InChI=1S/C56H30B2F18N4.2CH2Cl2/c59-31-15-37(65)49(38(66)16-31)57(50-39(67)17-32(60)18-40(50)68,51-41(69)19-33(61)20-42(51)70)79-77-55(27-7-3-1-4-8-27)29-11-13-30(14-12-29)56(28-9-5-2-6-10-28)78-80-58(52-43(71)21-34(62)22-44(52)72,53-45(73)23-35(63)24-46(53)74)54-47(75)25-36(64)26-48(54)76;2*2-1-3/h1-26H,79-80H2;2*1H2/b77-55+,78-56+;;. The highest BCUT2D eigenvalue weighted by Gasteiger charge is 2.51. The van der Waals surface area contributed by atoms with E-state index in [9.17, 15) is 26.3 Å². The fourth-order valence-corrected chi connectivity index (χ4v) is 10.2. The zero-order valence-corrected chi connectivity index (χ0v) is 46.0. The summed E-state index contributed by atoms with van der Waals surface area (Å²) in [5.74, 6) is -33.7. The zero-order valence-electron chi connectivity index (χ0n) is 42.9. The van der Waals surface area contributed by atoms with Crippen LogP contribution in [0.1, 0.15) is 22.3 Å². The molecule has 0 saturated heterocycles. The maximum atomic E-state index is 16.3. The van der Waals surface area contributed by atoms with E-state index >= 15 is 52.7 Å². The van der Waals surface area contributed by atoms with Gasteiger partial charge in [-0.05, 0) is 0 Å². The Kier molecular flexibility index (Phi) is 21.6. The van der Waals surface area contributed by atoms with Crippen LogP contribution in [0, 0.1) is 105 Å². The molecule has 0 aliphatic rings. The van der Waals surface area contributed by atoms with Crippen LogP contribution in [0.3, 0.4) is 0 Å². The van der Waals surface area contributed by atoms with E-state index in [1.165, 1.54) is 84.9 Å². The Morgan fingerprint density at radius 1 is 0.267 bits per heavy atom. The summed E-state index contributed by atoms with van der Waals surface area (Å²) in [6.45, 7) is 0. The quantitative estimate of drug-likeness (QED) is 0.0272. The van der Waals surface area contributed by atoms with Gasteiger partial charge in [-0.3, -0.25) is 0 Å². The third-order valence-electron chi connectivity index (χ3n) is 13.4. The van der Waals surface area contributed by atoms with E-state index in [0.29, 0.717) is 10.7 Å². The summed E-state index contributed by atoms with van der Waals surface area (Å²) in [5.41, 5.74) is -10.7. The van der Waals surface area contributed by atoms with Gasteiger partial charge in [-0.25, -0.2) is 79.0 Å². The Morgan fingerprint density at radius 2 is 0.419 bits per heavy atom. The molecule has 0 fully saturated rings. The van der Waals surface area contributed by atoms with Gasteiger partial charge in [0.25, 0.3) is 0 Å². The molecule has 446 valence electrons. The van der Waals surface area contributed by atoms with Gasteiger partial charge in [-0.2, -0.15) is 0 Å². The number of rotatable bonds is 14. The molecule has 9 aromatic rings. The smallest absolute Gasteiger partial charge is 0.329 e. The van der Waals surface area contributed by atoms with Crippen molar-refractivity contribution in [2.24, 2.45) is 10.2 Å². The second-order valence-corrected chi connectivity index (χ2v) is 19.9. The van der Waals surface area contributed by atoms with Crippen molar-refractivity contribution in [1.29, 1.82) is 0 Å². The third kappa shape index (κ3) is 13.6. The number of benzene rings is 9. The molecule has 0 unspecified atom stereocenters. The summed E-state index contributed by atoms with van der Waals surface area (Å²) in [6, 6.07) is 18.9. The first-order valence-electron chi connectivity index (χ1n) is 24.4. The van der Waals surface area contributed by atoms with Gasteiger partial charge < -0.3 is 10.7 Å². The van der Waals surface area contributed by atoms with E-state index in [0.717, 1.165) is 0 Å². The Hall–Kier alpha value is -7.73. The number of quaternary nitrogens is 2. The number of alkyl halides is 4. The molecule has 28 heteroatoms. The molecule has 0 amide bonds. The van der Waals surface area contributed by atoms with Crippen molar-refractivity contribution < 1.29 is 89.7 Å². The molecule has 0 atom stereocenters. The summed E-state index contributed by atoms with van der Waals surface area (Å²) in [7, 11) is 0. The number of halogens is 22. The van der Waals surface area contributed by atoms with Gasteiger partial charge in [0.1, 0.15) is 116 Å². The van der Waals surface area contributed by atoms with Gasteiger partial charge >= 0.3 is 12.6 Å². The lowest BCUT2D eigenvalue weighted by Gasteiger charge is -2.37. The Balaban J connectivity index is 0.00000169. The van der Waals surface area contributed by atoms with E-state index < -0.39 is 150 Å². The molecular weight excluding hydrogens is 1260 g/mol. The van der Waals surface area contributed by atoms with Crippen molar-refractivity contribution in [3.8, 4) is 0 Å². The molecule has 0 spiro atoms. The lowest BCUT2D eigenvalue weighted by atomic mass is 9.24. The maximum absolute atomic E-state index is 16.3. The Bertz CT molecular complexity index is 3350. The summed E-state index contributed by atoms with van der Waals surface area (Å²) in [5, 5.41) is 9.74.